The van der Waals surface area contributed by atoms with Gasteiger partial charge in [-0.25, -0.2) is 4.98 Å². The van der Waals surface area contributed by atoms with E-state index in [2.05, 4.69) is 9.97 Å². The number of carbonyl (C=O) groups excluding carboxylic acids is 2. The average molecular weight is 254 g/mol. The molecular formula is C14H10N2O3. The molecule has 3 rings (SSSR count). The van der Waals surface area contributed by atoms with Crippen molar-refractivity contribution >= 4 is 11.6 Å². The molecule has 2 heterocycles. The Bertz CT molecular complexity index is 723. The highest BCUT2D eigenvalue weighted by atomic mass is 16.5. The van der Waals surface area contributed by atoms with Crippen LogP contribution in [-0.4, -0.2) is 28.6 Å². The zero-order valence-corrected chi connectivity index (χ0v) is 10.4. The molecule has 1 aliphatic rings. The first kappa shape index (κ1) is 11.5. The van der Waals surface area contributed by atoms with Crippen LogP contribution in [-0.2, 0) is 0 Å². The van der Waals surface area contributed by atoms with Crippen molar-refractivity contribution in [2.75, 3.05) is 7.11 Å². The minimum Gasteiger partial charge on any atom is -0.495 e. The predicted octanol–water partition coefficient (Wildman–Crippen LogP) is 1.57. The quantitative estimate of drug-likeness (QED) is 0.659. The van der Waals surface area contributed by atoms with Crippen LogP contribution in [0.3, 0.4) is 0 Å². The maximum absolute atomic E-state index is 12.5. The van der Waals surface area contributed by atoms with Gasteiger partial charge < -0.3 is 4.74 Å². The molecule has 5 heteroatoms. The second kappa shape index (κ2) is 3.98. The van der Waals surface area contributed by atoms with Crippen molar-refractivity contribution in [2.45, 2.75) is 6.92 Å². The first-order valence-electron chi connectivity index (χ1n) is 5.73. The molecular weight excluding hydrogens is 244 g/mol. The lowest BCUT2D eigenvalue weighted by Crippen LogP contribution is -2.24. The molecule has 0 bridgehead atoms. The van der Waals surface area contributed by atoms with Gasteiger partial charge in [-0.3, -0.25) is 14.6 Å². The van der Waals surface area contributed by atoms with E-state index in [9.17, 15) is 9.59 Å². The summed E-state index contributed by atoms with van der Waals surface area (Å²) in [4.78, 5) is 32.8. The molecule has 2 aromatic heterocycles. The number of rotatable bonds is 1. The van der Waals surface area contributed by atoms with Crippen molar-refractivity contribution in [1.29, 1.82) is 0 Å². The number of aromatic nitrogens is 2. The Morgan fingerprint density at radius 3 is 2.63 bits per heavy atom. The summed E-state index contributed by atoms with van der Waals surface area (Å²) in [6, 6.07) is 3.24. The van der Waals surface area contributed by atoms with Gasteiger partial charge in [-0.05, 0) is 19.1 Å². The van der Waals surface area contributed by atoms with Crippen LogP contribution in [0.4, 0.5) is 0 Å². The van der Waals surface area contributed by atoms with Crippen LogP contribution in [0.2, 0.25) is 0 Å². The van der Waals surface area contributed by atoms with E-state index < -0.39 is 0 Å². The normalized spacial score (nSPS) is 12.9. The molecule has 0 aromatic carbocycles. The van der Waals surface area contributed by atoms with E-state index in [1.54, 1.807) is 19.1 Å². The molecule has 0 saturated carbocycles. The highest BCUT2D eigenvalue weighted by molar-refractivity contribution is 6.27. The third-order valence-electron chi connectivity index (χ3n) is 3.22. The maximum Gasteiger partial charge on any atom is 0.231 e. The number of carbonyl (C=O) groups is 2. The minimum atomic E-state index is -0.323. The summed E-state index contributed by atoms with van der Waals surface area (Å²) in [5.41, 5.74) is 1.56. The molecule has 0 amide bonds. The highest BCUT2D eigenvalue weighted by Gasteiger charge is 2.34. The molecule has 0 radical (unpaired) electrons. The smallest absolute Gasteiger partial charge is 0.231 e. The van der Waals surface area contributed by atoms with Gasteiger partial charge in [0.25, 0.3) is 0 Å². The predicted molar refractivity (Wildman–Crippen MR) is 66.6 cm³/mol. The molecule has 5 nitrogen and oxygen atoms in total. The van der Waals surface area contributed by atoms with Crippen molar-refractivity contribution in [2.24, 2.45) is 0 Å². The lowest BCUT2D eigenvalue weighted by atomic mass is 9.88. The number of ketones is 2. The third kappa shape index (κ3) is 1.48. The largest absolute Gasteiger partial charge is 0.495 e. The van der Waals surface area contributed by atoms with Crippen LogP contribution in [0.1, 0.15) is 37.7 Å². The Balaban J connectivity index is 2.33. The fourth-order valence-corrected chi connectivity index (χ4v) is 2.26. The molecule has 0 spiro atoms. The van der Waals surface area contributed by atoms with E-state index in [1.807, 2.05) is 0 Å². The lowest BCUT2D eigenvalue weighted by Gasteiger charge is -2.18. The molecule has 2 aromatic rings. The number of hydrogen-bond acceptors (Lipinski definition) is 5. The molecule has 0 atom stereocenters. The molecule has 0 aliphatic heterocycles. The third-order valence-corrected chi connectivity index (χ3v) is 3.22. The lowest BCUT2D eigenvalue weighted by molar-refractivity contribution is 0.0970. The van der Waals surface area contributed by atoms with E-state index >= 15 is 0 Å². The molecule has 0 N–H and O–H groups in total. The van der Waals surface area contributed by atoms with Gasteiger partial charge in [0, 0.05) is 11.8 Å². The molecule has 94 valence electrons. The fraction of sp³-hybridized carbons (Fsp3) is 0.143. The summed E-state index contributed by atoms with van der Waals surface area (Å²) >= 11 is 0. The van der Waals surface area contributed by atoms with Gasteiger partial charge in [-0.2, -0.15) is 0 Å². The second-order valence-electron chi connectivity index (χ2n) is 4.23. The van der Waals surface area contributed by atoms with Gasteiger partial charge >= 0.3 is 0 Å². The summed E-state index contributed by atoms with van der Waals surface area (Å²) in [5.74, 6) is -0.0650. The standard InChI is InChI=1S/C14H10N2O3/c1-7-9(19-2)6-16-12-10(7)13(17)8-4-3-5-15-11(8)14(12)18/h3-6H,1-2H3. The summed E-state index contributed by atoms with van der Waals surface area (Å²) in [6.07, 6.45) is 2.94. The Kier molecular flexibility index (Phi) is 2.41. The summed E-state index contributed by atoms with van der Waals surface area (Å²) in [7, 11) is 1.50. The van der Waals surface area contributed by atoms with E-state index in [4.69, 9.17) is 4.74 Å². The van der Waals surface area contributed by atoms with E-state index in [0.717, 1.165) is 0 Å². The van der Waals surface area contributed by atoms with Crippen molar-refractivity contribution in [3.63, 3.8) is 0 Å². The van der Waals surface area contributed by atoms with Gasteiger partial charge in [-0.1, -0.05) is 0 Å². The zero-order chi connectivity index (χ0) is 13.6. The molecule has 0 unspecified atom stereocenters. The number of ether oxygens (including phenoxy) is 1. The van der Waals surface area contributed by atoms with E-state index in [1.165, 1.54) is 19.5 Å². The topological polar surface area (TPSA) is 69.2 Å². The van der Waals surface area contributed by atoms with E-state index in [-0.39, 0.29) is 23.0 Å². The molecule has 19 heavy (non-hydrogen) atoms. The summed E-state index contributed by atoms with van der Waals surface area (Å²) in [6.45, 7) is 1.74. The van der Waals surface area contributed by atoms with Crippen LogP contribution in [0.5, 0.6) is 5.75 Å². The maximum atomic E-state index is 12.5. The number of hydrogen-bond donors (Lipinski definition) is 0. The van der Waals surface area contributed by atoms with Crippen LogP contribution >= 0.6 is 0 Å². The van der Waals surface area contributed by atoms with Crippen molar-refractivity contribution in [1.82, 2.24) is 9.97 Å². The van der Waals surface area contributed by atoms with Crippen LogP contribution in [0.15, 0.2) is 24.5 Å². The van der Waals surface area contributed by atoms with Crippen LogP contribution in [0, 0.1) is 6.92 Å². The minimum absolute atomic E-state index is 0.148. The number of pyridine rings is 2. The number of fused-ring (bicyclic) bond motifs is 2. The average Bonchev–Trinajstić information content (AvgIpc) is 2.44. The SMILES string of the molecule is COc1cnc2c(c1C)C(=O)c1cccnc1C2=O. The second-order valence-corrected chi connectivity index (χ2v) is 4.23. The number of methoxy groups -OCH3 is 1. The first-order valence-corrected chi connectivity index (χ1v) is 5.73. The Morgan fingerprint density at radius 2 is 1.89 bits per heavy atom. The van der Waals surface area contributed by atoms with E-state index in [0.29, 0.717) is 22.4 Å². The monoisotopic (exact) mass is 254 g/mol. The van der Waals surface area contributed by atoms with Crippen LogP contribution in [0.25, 0.3) is 0 Å². The molecule has 0 saturated heterocycles. The molecule has 1 aliphatic carbocycles. The zero-order valence-electron chi connectivity index (χ0n) is 10.4. The fourth-order valence-electron chi connectivity index (χ4n) is 2.26. The van der Waals surface area contributed by atoms with Gasteiger partial charge in [0.05, 0.1) is 24.4 Å². The Morgan fingerprint density at radius 1 is 1.11 bits per heavy atom. The highest BCUT2D eigenvalue weighted by Crippen LogP contribution is 2.30. The van der Waals surface area contributed by atoms with Gasteiger partial charge in [0.1, 0.15) is 17.1 Å². The van der Waals surface area contributed by atoms with Gasteiger partial charge in [-0.15, -0.1) is 0 Å². The Hall–Kier alpha value is -2.56. The van der Waals surface area contributed by atoms with Crippen LogP contribution < -0.4 is 4.74 Å². The van der Waals surface area contributed by atoms with Gasteiger partial charge in [0.2, 0.25) is 5.78 Å². The molecule has 0 fully saturated rings. The van der Waals surface area contributed by atoms with Crippen molar-refractivity contribution in [3.05, 3.63) is 52.6 Å². The van der Waals surface area contributed by atoms with Crippen molar-refractivity contribution in [3.8, 4) is 5.75 Å². The summed E-state index contributed by atoms with van der Waals surface area (Å²) in [5, 5.41) is 0. The van der Waals surface area contributed by atoms with Crippen molar-refractivity contribution < 1.29 is 14.3 Å². The Labute approximate surface area is 109 Å². The van der Waals surface area contributed by atoms with Gasteiger partial charge in [0.15, 0.2) is 5.78 Å². The summed E-state index contributed by atoms with van der Waals surface area (Å²) < 4.78 is 5.14. The number of nitrogens with zero attached hydrogens (tertiary/aromatic N) is 2. The first-order chi connectivity index (χ1) is 9.15.